The zero-order valence-electron chi connectivity index (χ0n) is 25.7. The van der Waals surface area contributed by atoms with Crippen molar-refractivity contribution < 1.29 is 32.0 Å². The third-order valence-electron chi connectivity index (χ3n) is 7.75. The number of hydrogen-bond donors (Lipinski definition) is 0. The predicted octanol–water partition coefficient (Wildman–Crippen LogP) is 4.96. The lowest BCUT2D eigenvalue weighted by molar-refractivity contribution is 0.0239. The van der Waals surface area contributed by atoms with E-state index >= 15 is 0 Å². The second kappa shape index (κ2) is 10.5. The van der Waals surface area contributed by atoms with Gasteiger partial charge >= 0.3 is 12.2 Å². The standard InChI is InChI=1S/C29H43N5O7S/c1-27(2,3)39-25(35)33-16-14-31(15-17-33)22-19-20(18-21-23(22)41-30-24(21)32-12-8-9-13-32)42(37,38)34(29(7)10-11-29)26(36)40-28(4,5)6/h18-19H,8-17H2,1-7H3. The Labute approximate surface area is 247 Å². The van der Waals surface area contributed by atoms with Crippen LogP contribution >= 0.6 is 0 Å². The number of anilines is 2. The Bertz CT molecular complexity index is 1460. The number of amides is 2. The minimum atomic E-state index is -4.32. The second-order valence-corrected chi connectivity index (χ2v) is 15.5. The number of aromatic nitrogens is 1. The van der Waals surface area contributed by atoms with Crippen molar-refractivity contribution in [3.63, 3.8) is 0 Å². The van der Waals surface area contributed by atoms with Gasteiger partial charge in [-0.25, -0.2) is 18.0 Å². The molecular formula is C29H43N5O7S. The van der Waals surface area contributed by atoms with Gasteiger partial charge < -0.3 is 28.7 Å². The number of sulfonamides is 1. The highest BCUT2D eigenvalue weighted by atomic mass is 32.2. The molecule has 2 amide bonds. The molecule has 2 saturated heterocycles. The highest BCUT2D eigenvalue weighted by molar-refractivity contribution is 7.89. The summed E-state index contributed by atoms with van der Waals surface area (Å²) in [5.41, 5.74) is -1.30. The SMILES string of the molecule is CC(C)(C)OC(=O)N1CCN(c2cc(S(=O)(=O)N(C(=O)OC(C)(C)C)C3(C)CC3)cc3c(N4CCCC4)noc23)CC1. The van der Waals surface area contributed by atoms with Gasteiger partial charge in [-0.2, -0.15) is 4.31 Å². The van der Waals surface area contributed by atoms with E-state index in [1.54, 1.807) is 44.7 Å². The van der Waals surface area contributed by atoms with E-state index in [-0.39, 0.29) is 11.0 Å². The lowest BCUT2D eigenvalue weighted by Crippen LogP contribution is -2.50. The molecule has 0 spiro atoms. The van der Waals surface area contributed by atoms with Gasteiger partial charge in [0.1, 0.15) is 11.2 Å². The van der Waals surface area contributed by atoms with Gasteiger partial charge in [0.15, 0.2) is 11.4 Å². The minimum absolute atomic E-state index is 0.0257. The zero-order chi connectivity index (χ0) is 30.7. The molecule has 0 atom stereocenters. The summed E-state index contributed by atoms with van der Waals surface area (Å²) in [5, 5.41) is 4.95. The molecule has 3 heterocycles. The van der Waals surface area contributed by atoms with Crippen molar-refractivity contribution in [2.75, 3.05) is 49.1 Å². The number of piperazine rings is 1. The van der Waals surface area contributed by atoms with Crippen LogP contribution in [0.4, 0.5) is 21.1 Å². The van der Waals surface area contributed by atoms with Gasteiger partial charge in [-0.05, 0) is 86.3 Å². The molecule has 42 heavy (non-hydrogen) atoms. The summed E-state index contributed by atoms with van der Waals surface area (Å²) in [4.78, 5) is 31.7. The van der Waals surface area contributed by atoms with Crippen molar-refractivity contribution in [2.45, 2.75) is 95.8 Å². The van der Waals surface area contributed by atoms with Crippen LogP contribution in [0.25, 0.3) is 11.0 Å². The lowest BCUT2D eigenvalue weighted by atomic mass is 10.2. The summed E-state index contributed by atoms with van der Waals surface area (Å²) in [5.74, 6) is 0.592. The van der Waals surface area contributed by atoms with Crippen molar-refractivity contribution in [1.82, 2.24) is 14.4 Å². The first kappa shape index (κ1) is 30.2. The highest BCUT2D eigenvalue weighted by Crippen LogP contribution is 2.46. The van der Waals surface area contributed by atoms with Gasteiger partial charge in [0.2, 0.25) is 0 Å². The molecule has 13 heteroatoms. The number of rotatable bonds is 5. The van der Waals surface area contributed by atoms with Gasteiger partial charge in [0.25, 0.3) is 10.0 Å². The van der Waals surface area contributed by atoms with Gasteiger partial charge in [-0.15, -0.1) is 0 Å². The average molecular weight is 606 g/mol. The van der Waals surface area contributed by atoms with Gasteiger partial charge in [0.05, 0.1) is 21.5 Å². The Morgan fingerprint density at radius 1 is 0.905 bits per heavy atom. The molecule has 0 unspecified atom stereocenters. The Balaban J connectivity index is 1.54. The molecule has 1 saturated carbocycles. The molecule has 3 aliphatic rings. The number of ether oxygens (including phenoxy) is 2. The van der Waals surface area contributed by atoms with Crippen LogP contribution in [-0.4, -0.2) is 91.0 Å². The van der Waals surface area contributed by atoms with Crippen molar-refractivity contribution in [2.24, 2.45) is 0 Å². The maximum Gasteiger partial charge on any atom is 0.424 e. The Morgan fingerprint density at radius 2 is 1.50 bits per heavy atom. The fraction of sp³-hybridized carbons (Fsp3) is 0.690. The maximum absolute atomic E-state index is 14.3. The van der Waals surface area contributed by atoms with E-state index in [1.165, 1.54) is 0 Å². The molecule has 2 aliphatic heterocycles. The summed E-state index contributed by atoms with van der Waals surface area (Å²) in [6.07, 6.45) is 1.86. The molecule has 12 nitrogen and oxygen atoms in total. The third-order valence-corrected chi connectivity index (χ3v) is 9.65. The summed E-state index contributed by atoms with van der Waals surface area (Å²) >= 11 is 0. The van der Waals surface area contributed by atoms with Crippen LogP contribution < -0.4 is 9.80 Å². The first-order chi connectivity index (χ1) is 19.5. The highest BCUT2D eigenvalue weighted by Gasteiger charge is 2.53. The molecule has 1 aromatic carbocycles. The van der Waals surface area contributed by atoms with Crippen LogP contribution in [0.2, 0.25) is 0 Å². The molecule has 0 radical (unpaired) electrons. The van der Waals surface area contributed by atoms with Crippen molar-refractivity contribution in [3.8, 4) is 0 Å². The van der Waals surface area contributed by atoms with Crippen LogP contribution in [0.3, 0.4) is 0 Å². The molecule has 3 fully saturated rings. The van der Waals surface area contributed by atoms with E-state index in [9.17, 15) is 18.0 Å². The average Bonchev–Trinajstić information content (AvgIpc) is 3.25. The van der Waals surface area contributed by atoms with Crippen molar-refractivity contribution in [3.05, 3.63) is 12.1 Å². The maximum atomic E-state index is 14.3. The number of fused-ring (bicyclic) bond motifs is 1. The van der Waals surface area contributed by atoms with E-state index in [4.69, 9.17) is 14.0 Å². The molecule has 1 aliphatic carbocycles. The predicted molar refractivity (Wildman–Crippen MR) is 158 cm³/mol. The number of benzene rings is 1. The van der Waals surface area contributed by atoms with E-state index in [0.29, 0.717) is 61.5 Å². The zero-order valence-corrected chi connectivity index (χ0v) is 26.5. The molecule has 232 valence electrons. The second-order valence-electron chi connectivity index (χ2n) is 13.7. The molecule has 2 aromatic rings. The quantitative estimate of drug-likeness (QED) is 0.461. The number of hydrogen-bond acceptors (Lipinski definition) is 10. The van der Waals surface area contributed by atoms with Gasteiger partial charge in [-0.1, -0.05) is 5.16 Å². The van der Waals surface area contributed by atoms with Crippen molar-refractivity contribution in [1.29, 1.82) is 0 Å². The molecular weight excluding hydrogens is 562 g/mol. The van der Waals surface area contributed by atoms with Crippen LogP contribution in [-0.2, 0) is 19.5 Å². The number of nitrogens with zero attached hydrogens (tertiary/aromatic N) is 5. The van der Waals surface area contributed by atoms with Crippen LogP contribution in [0, 0.1) is 0 Å². The monoisotopic (exact) mass is 605 g/mol. The summed E-state index contributed by atoms with van der Waals surface area (Å²) in [6.45, 7) is 15.6. The van der Waals surface area contributed by atoms with Crippen LogP contribution in [0.5, 0.6) is 0 Å². The Kier molecular flexibility index (Phi) is 7.56. The van der Waals surface area contributed by atoms with Crippen LogP contribution in [0.15, 0.2) is 21.6 Å². The molecule has 1 aromatic heterocycles. The fourth-order valence-corrected chi connectivity index (χ4v) is 7.12. The Hall–Kier alpha value is -3.22. The molecule has 0 N–H and O–H groups in total. The van der Waals surface area contributed by atoms with Crippen LogP contribution in [0.1, 0.15) is 74.1 Å². The number of carbonyl (C=O) groups is 2. The first-order valence-electron chi connectivity index (χ1n) is 14.7. The number of carbonyl (C=O) groups excluding carboxylic acids is 2. The summed E-state index contributed by atoms with van der Waals surface area (Å²) < 4.78 is 46.6. The van der Waals surface area contributed by atoms with Gasteiger partial charge in [0, 0.05) is 39.3 Å². The summed E-state index contributed by atoms with van der Waals surface area (Å²) in [7, 11) is -4.32. The normalized spacial score (nSPS) is 19.3. The smallest absolute Gasteiger partial charge is 0.424 e. The summed E-state index contributed by atoms with van der Waals surface area (Å²) in [6, 6.07) is 3.13. The fourth-order valence-electron chi connectivity index (χ4n) is 5.39. The van der Waals surface area contributed by atoms with Gasteiger partial charge in [-0.3, -0.25) is 0 Å². The Morgan fingerprint density at radius 3 is 2.05 bits per heavy atom. The lowest BCUT2D eigenvalue weighted by Gasteiger charge is -2.37. The van der Waals surface area contributed by atoms with E-state index in [1.807, 2.05) is 25.7 Å². The largest absolute Gasteiger partial charge is 0.444 e. The molecule has 0 bridgehead atoms. The minimum Gasteiger partial charge on any atom is -0.444 e. The van der Waals surface area contributed by atoms with E-state index in [2.05, 4.69) is 10.1 Å². The van der Waals surface area contributed by atoms with E-state index in [0.717, 1.165) is 30.2 Å². The van der Waals surface area contributed by atoms with E-state index < -0.39 is 32.9 Å². The first-order valence-corrected chi connectivity index (χ1v) is 16.1. The molecule has 5 rings (SSSR count). The topological polar surface area (TPSA) is 126 Å². The van der Waals surface area contributed by atoms with Crippen molar-refractivity contribution >= 4 is 44.7 Å². The third kappa shape index (κ3) is 6.11.